The van der Waals surface area contributed by atoms with Crippen molar-refractivity contribution in [2.24, 2.45) is 0 Å². The molecule has 2 aromatic heterocycles. The van der Waals surface area contributed by atoms with Gasteiger partial charge >= 0.3 is 0 Å². The lowest BCUT2D eigenvalue weighted by Gasteiger charge is -2.15. The second-order valence-electron chi connectivity index (χ2n) is 5.60. The zero-order chi connectivity index (χ0) is 15.6. The molecule has 0 saturated carbocycles. The minimum atomic E-state index is 0.257. The molecule has 0 bridgehead atoms. The molecule has 1 N–H and O–H groups in total. The van der Waals surface area contributed by atoms with Crippen molar-refractivity contribution in [3.63, 3.8) is 0 Å². The Morgan fingerprint density at radius 3 is 2.83 bits per heavy atom. The number of likely N-dealkylation sites (tertiary alicyclic amines) is 1. The van der Waals surface area contributed by atoms with Crippen molar-refractivity contribution in [2.45, 2.75) is 19.4 Å². The summed E-state index contributed by atoms with van der Waals surface area (Å²) in [5.74, 6) is 1.08. The number of carbonyl (C=O) groups excluding carboxylic acids is 1. The van der Waals surface area contributed by atoms with Gasteiger partial charge in [0.2, 0.25) is 5.91 Å². The molecule has 1 saturated heterocycles. The maximum absolute atomic E-state index is 11.7. The van der Waals surface area contributed by atoms with Gasteiger partial charge in [-0.3, -0.25) is 4.79 Å². The van der Waals surface area contributed by atoms with Gasteiger partial charge in [0.25, 0.3) is 0 Å². The first-order valence-corrected chi connectivity index (χ1v) is 8.49. The molecule has 0 spiro atoms. The first-order valence-electron chi connectivity index (χ1n) is 7.61. The molecule has 1 amide bonds. The molecule has 1 fully saturated rings. The number of amides is 1. The molecule has 0 unspecified atom stereocenters. The number of nitrogens with zero attached hydrogens (tertiary/aromatic N) is 3. The number of fused-ring (bicyclic) bond motifs is 1. The molecule has 0 atom stereocenters. The molecule has 23 heavy (non-hydrogen) atoms. The van der Waals surface area contributed by atoms with E-state index >= 15 is 0 Å². The van der Waals surface area contributed by atoms with Gasteiger partial charge in [-0.2, -0.15) is 0 Å². The molecule has 1 aromatic carbocycles. The third kappa shape index (κ3) is 2.90. The summed E-state index contributed by atoms with van der Waals surface area (Å²) in [6, 6.07) is 10.2. The summed E-state index contributed by atoms with van der Waals surface area (Å²) in [5, 5.41) is 6.38. The third-order valence-corrected chi connectivity index (χ3v) is 4.84. The van der Waals surface area contributed by atoms with Crippen LogP contribution in [0.25, 0.3) is 10.2 Å². The SMILES string of the molecule is O=C1CCCN1Cc1ccc(Nc2ncnc3sccc23)cc1. The molecule has 116 valence electrons. The van der Waals surface area contributed by atoms with Crippen molar-refractivity contribution < 1.29 is 4.79 Å². The van der Waals surface area contributed by atoms with Crippen LogP contribution in [0.15, 0.2) is 42.0 Å². The number of nitrogens with one attached hydrogen (secondary N) is 1. The predicted molar refractivity (Wildman–Crippen MR) is 91.8 cm³/mol. The summed E-state index contributed by atoms with van der Waals surface area (Å²) in [4.78, 5) is 23.2. The lowest BCUT2D eigenvalue weighted by Crippen LogP contribution is -2.23. The molecule has 1 aliphatic heterocycles. The molecule has 1 aliphatic rings. The zero-order valence-electron chi connectivity index (χ0n) is 12.5. The van der Waals surface area contributed by atoms with Crippen molar-refractivity contribution in [3.8, 4) is 0 Å². The largest absolute Gasteiger partial charge is 0.340 e. The van der Waals surface area contributed by atoms with Crippen LogP contribution in [0.5, 0.6) is 0 Å². The summed E-state index contributed by atoms with van der Waals surface area (Å²) in [6.07, 6.45) is 3.24. The highest BCUT2D eigenvalue weighted by Gasteiger charge is 2.19. The Labute approximate surface area is 138 Å². The van der Waals surface area contributed by atoms with E-state index in [9.17, 15) is 4.79 Å². The molecule has 5 nitrogen and oxygen atoms in total. The fourth-order valence-corrected chi connectivity index (χ4v) is 3.54. The fraction of sp³-hybridized carbons (Fsp3) is 0.235. The Morgan fingerprint density at radius 2 is 2.04 bits per heavy atom. The monoisotopic (exact) mass is 324 g/mol. The van der Waals surface area contributed by atoms with Crippen LogP contribution in [0, 0.1) is 0 Å². The maximum atomic E-state index is 11.7. The Morgan fingerprint density at radius 1 is 1.17 bits per heavy atom. The number of thiophene rings is 1. The molecular weight excluding hydrogens is 308 g/mol. The van der Waals surface area contributed by atoms with Gasteiger partial charge in [-0.1, -0.05) is 12.1 Å². The van der Waals surface area contributed by atoms with Crippen LogP contribution >= 0.6 is 11.3 Å². The predicted octanol–water partition coefficient (Wildman–Crippen LogP) is 3.56. The van der Waals surface area contributed by atoms with Crippen LogP contribution in [0.3, 0.4) is 0 Å². The topological polar surface area (TPSA) is 58.1 Å². The average Bonchev–Trinajstić information content (AvgIpc) is 3.19. The lowest BCUT2D eigenvalue weighted by molar-refractivity contribution is -0.128. The van der Waals surface area contributed by atoms with Crippen LogP contribution in [0.4, 0.5) is 11.5 Å². The van der Waals surface area contributed by atoms with E-state index in [2.05, 4.69) is 27.4 Å². The van der Waals surface area contributed by atoms with E-state index in [0.717, 1.165) is 40.3 Å². The van der Waals surface area contributed by atoms with E-state index in [1.807, 2.05) is 28.5 Å². The van der Waals surface area contributed by atoms with Crippen molar-refractivity contribution in [1.29, 1.82) is 0 Å². The number of rotatable bonds is 4. The van der Waals surface area contributed by atoms with E-state index in [-0.39, 0.29) is 5.91 Å². The van der Waals surface area contributed by atoms with Crippen molar-refractivity contribution in [3.05, 3.63) is 47.6 Å². The number of anilines is 2. The number of hydrogen-bond donors (Lipinski definition) is 1. The first-order chi connectivity index (χ1) is 11.3. The normalized spacial score (nSPS) is 14.6. The Bertz CT molecular complexity index is 843. The smallest absolute Gasteiger partial charge is 0.222 e. The summed E-state index contributed by atoms with van der Waals surface area (Å²) >= 11 is 1.60. The van der Waals surface area contributed by atoms with Gasteiger partial charge in [0, 0.05) is 25.2 Å². The number of benzene rings is 1. The second-order valence-corrected chi connectivity index (χ2v) is 6.50. The maximum Gasteiger partial charge on any atom is 0.222 e. The molecule has 6 heteroatoms. The highest BCUT2D eigenvalue weighted by molar-refractivity contribution is 7.16. The van der Waals surface area contributed by atoms with Crippen LogP contribution in [-0.2, 0) is 11.3 Å². The average molecular weight is 324 g/mol. The van der Waals surface area contributed by atoms with Gasteiger partial charge < -0.3 is 10.2 Å². The first kappa shape index (κ1) is 14.1. The molecule has 0 aliphatic carbocycles. The van der Waals surface area contributed by atoms with Gasteiger partial charge in [0.05, 0.1) is 5.39 Å². The van der Waals surface area contributed by atoms with Crippen LogP contribution < -0.4 is 5.32 Å². The Hall–Kier alpha value is -2.47. The lowest BCUT2D eigenvalue weighted by atomic mass is 10.2. The second kappa shape index (κ2) is 5.96. The summed E-state index contributed by atoms with van der Waals surface area (Å²) in [7, 11) is 0. The quantitative estimate of drug-likeness (QED) is 0.797. The summed E-state index contributed by atoms with van der Waals surface area (Å²) in [6.45, 7) is 1.57. The highest BCUT2D eigenvalue weighted by atomic mass is 32.1. The summed E-state index contributed by atoms with van der Waals surface area (Å²) in [5.41, 5.74) is 2.13. The van der Waals surface area contributed by atoms with E-state index in [1.165, 1.54) is 0 Å². The van der Waals surface area contributed by atoms with Crippen molar-refractivity contribution >= 4 is 39.0 Å². The van der Waals surface area contributed by atoms with Crippen LogP contribution in [0.2, 0.25) is 0 Å². The fourth-order valence-electron chi connectivity index (χ4n) is 2.81. The van der Waals surface area contributed by atoms with Crippen molar-refractivity contribution in [1.82, 2.24) is 14.9 Å². The van der Waals surface area contributed by atoms with Gasteiger partial charge in [-0.05, 0) is 35.6 Å². The number of carbonyl (C=O) groups is 1. The van der Waals surface area contributed by atoms with Crippen molar-refractivity contribution in [2.75, 3.05) is 11.9 Å². The van der Waals surface area contributed by atoms with Gasteiger partial charge in [0.15, 0.2) is 0 Å². The van der Waals surface area contributed by atoms with E-state index in [0.29, 0.717) is 13.0 Å². The van der Waals surface area contributed by atoms with Gasteiger partial charge in [-0.15, -0.1) is 11.3 Å². The Balaban J connectivity index is 1.50. The number of hydrogen-bond acceptors (Lipinski definition) is 5. The number of aromatic nitrogens is 2. The molecule has 3 aromatic rings. The minimum Gasteiger partial charge on any atom is -0.340 e. The molecule has 4 rings (SSSR count). The van der Waals surface area contributed by atoms with Crippen LogP contribution in [0.1, 0.15) is 18.4 Å². The minimum absolute atomic E-state index is 0.257. The molecular formula is C17H16N4OS. The van der Waals surface area contributed by atoms with Gasteiger partial charge in [-0.25, -0.2) is 9.97 Å². The van der Waals surface area contributed by atoms with E-state index < -0.39 is 0 Å². The van der Waals surface area contributed by atoms with Gasteiger partial charge in [0.1, 0.15) is 17.0 Å². The Kier molecular flexibility index (Phi) is 3.67. The zero-order valence-corrected chi connectivity index (χ0v) is 13.3. The third-order valence-electron chi connectivity index (χ3n) is 4.02. The highest BCUT2D eigenvalue weighted by Crippen LogP contribution is 2.26. The molecule has 3 heterocycles. The standard InChI is InChI=1S/C17H16N4OS/c22-15-2-1-8-21(15)10-12-3-5-13(6-4-12)20-16-14-7-9-23-17(14)19-11-18-16/h3-7,9,11H,1-2,8,10H2,(H,18,19,20). The molecule has 0 radical (unpaired) electrons. The summed E-state index contributed by atoms with van der Waals surface area (Å²) < 4.78 is 0. The van der Waals surface area contributed by atoms with Crippen LogP contribution in [-0.4, -0.2) is 27.3 Å². The van der Waals surface area contributed by atoms with E-state index in [1.54, 1.807) is 17.7 Å². The van der Waals surface area contributed by atoms with E-state index in [4.69, 9.17) is 0 Å².